The van der Waals surface area contributed by atoms with Crippen LogP contribution in [0.4, 0.5) is 5.69 Å². The quantitative estimate of drug-likeness (QED) is 0.789. The van der Waals surface area contributed by atoms with Gasteiger partial charge in [0.25, 0.3) is 0 Å². The molecule has 0 aromatic heterocycles. The normalized spacial score (nSPS) is 17.4. The third-order valence-electron chi connectivity index (χ3n) is 4.23. The molecule has 1 atom stereocenters. The molecule has 0 unspecified atom stereocenters. The lowest BCUT2D eigenvalue weighted by atomic mass is 10.0. The van der Waals surface area contributed by atoms with Gasteiger partial charge in [0.05, 0.1) is 6.04 Å². The van der Waals surface area contributed by atoms with E-state index in [9.17, 15) is 5.11 Å². The first kappa shape index (κ1) is 15.9. The predicted molar refractivity (Wildman–Crippen MR) is 89.0 cm³/mol. The Morgan fingerprint density at radius 1 is 1.33 bits per heavy atom. The minimum Gasteiger partial charge on any atom is -0.508 e. The van der Waals surface area contributed by atoms with Crippen molar-refractivity contribution in [1.82, 2.24) is 10.2 Å². The summed E-state index contributed by atoms with van der Waals surface area (Å²) >= 11 is 0. The number of aromatic hydroxyl groups is 1. The Labute approximate surface area is 128 Å². The fourth-order valence-corrected chi connectivity index (χ4v) is 3.00. The van der Waals surface area contributed by atoms with Gasteiger partial charge in [0.1, 0.15) is 5.75 Å². The molecule has 0 spiro atoms. The number of anilines is 1. The van der Waals surface area contributed by atoms with E-state index in [1.54, 1.807) is 0 Å². The van der Waals surface area contributed by atoms with Gasteiger partial charge in [-0.25, -0.2) is 0 Å². The van der Waals surface area contributed by atoms with E-state index in [1.165, 1.54) is 0 Å². The fraction of sp³-hybridized carbons (Fsp3) is 0.529. The first-order chi connectivity index (χ1) is 10.2. The van der Waals surface area contributed by atoms with Crippen LogP contribution in [0.1, 0.15) is 25.5 Å². The Morgan fingerprint density at radius 3 is 2.52 bits per heavy atom. The Morgan fingerprint density at radius 2 is 2.00 bits per heavy atom. The summed E-state index contributed by atoms with van der Waals surface area (Å²) in [5.74, 6) is 0.364. The maximum absolute atomic E-state index is 10.4. The topological polar surface area (TPSA) is 38.7 Å². The first-order valence-corrected chi connectivity index (χ1v) is 7.86. The molecule has 4 nitrogen and oxygen atoms in total. The summed E-state index contributed by atoms with van der Waals surface area (Å²) in [7, 11) is 0. The van der Waals surface area contributed by atoms with Crippen molar-refractivity contribution in [2.45, 2.75) is 19.9 Å². The van der Waals surface area contributed by atoms with Crippen molar-refractivity contribution in [2.75, 3.05) is 44.2 Å². The lowest BCUT2D eigenvalue weighted by Gasteiger charge is -2.34. The molecule has 1 fully saturated rings. The Hall–Kier alpha value is -1.52. The highest BCUT2D eigenvalue weighted by molar-refractivity contribution is 5.54. The molecule has 0 saturated carbocycles. The Bertz CT molecular complexity index is 465. The third kappa shape index (κ3) is 3.57. The van der Waals surface area contributed by atoms with Crippen LogP contribution in [-0.2, 0) is 0 Å². The second-order valence-corrected chi connectivity index (χ2v) is 5.38. The van der Waals surface area contributed by atoms with E-state index < -0.39 is 0 Å². The van der Waals surface area contributed by atoms with Gasteiger partial charge in [-0.05, 0) is 19.9 Å². The predicted octanol–water partition coefficient (Wildman–Crippen LogP) is 2.37. The summed E-state index contributed by atoms with van der Waals surface area (Å²) in [5.41, 5.74) is 2.02. The molecule has 4 heteroatoms. The smallest absolute Gasteiger partial charge is 0.122 e. The molecule has 2 N–H and O–H groups in total. The number of hydrogen-bond acceptors (Lipinski definition) is 4. The summed E-state index contributed by atoms with van der Waals surface area (Å²) in [6.45, 7) is 14.0. The number of rotatable bonds is 6. The van der Waals surface area contributed by atoms with Crippen LogP contribution in [0.15, 0.2) is 30.9 Å². The van der Waals surface area contributed by atoms with Gasteiger partial charge >= 0.3 is 0 Å². The molecule has 1 aliphatic rings. The zero-order valence-corrected chi connectivity index (χ0v) is 13.2. The van der Waals surface area contributed by atoms with E-state index in [1.807, 2.05) is 18.2 Å². The van der Waals surface area contributed by atoms with Gasteiger partial charge in [0.2, 0.25) is 0 Å². The van der Waals surface area contributed by atoms with Gasteiger partial charge in [0, 0.05) is 56.6 Å². The minimum absolute atomic E-state index is 0.0813. The summed E-state index contributed by atoms with van der Waals surface area (Å²) in [6, 6.07) is 6.09. The molecular weight excluding hydrogens is 262 g/mol. The largest absolute Gasteiger partial charge is 0.508 e. The van der Waals surface area contributed by atoms with Crippen molar-refractivity contribution >= 4 is 5.69 Å². The average molecular weight is 289 g/mol. The van der Waals surface area contributed by atoms with Gasteiger partial charge in [-0.1, -0.05) is 12.1 Å². The van der Waals surface area contributed by atoms with Gasteiger partial charge < -0.3 is 15.3 Å². The van der Waals surface area contributed by atoms with Gasteiger partial charge in [-0.2, -0.15) is 0 Å². The number of piperazine rings is 1. The number of phenolic OH excluding ortho intramolecular Hbond substituents is 1. The summed E-state index contributed by atoms with van der Waals surface area (Å²) < 4.78 is 0. The molecule has 116 valence electrons. The average Bonchev–Trinajstić information content (AvgIpc) is 2.52. The van der Waals surface area contributed by atoms with E-state index in [0.717, 1.165) is 50.5 Å². The highest BCUT2D eigenvalue weighted by Gasteiger charge is 2.22. The lowest BCUT2D eigenvalue weighted by molar-refractivity contribution is 0.201. The van der Waals surface area contributed by atoms with Crippen LogP contribution >= 0.6 is 0 Å². The van der Waals surface area contributed by atoms with Crippen molar-refractivity contribution in [3.05, 3.63) is 36.4 Å². The van der Waals surface area contributed by atoms with E-state index in [2.05, 4.69) is 41.6 Å². The number of benzene rings is 1. The lowest BCUT2D eigenvalue weighted by Crippen LogP contribution is -2.44. The van der Waals surface area contributed by atoms with Crippen LogP contribution in [0, 0.1) is 0 Å². The van der Waals surface area contributed by atoms with Crippen LogP contribution < -0.4 is 10.2 Å². The van der Waals surface area contributed by atoms with Gasteiger partial charge in [-0.3, -0.25) is 4.90 Å². The monoisotopic (exact) mass is 289 g/mol. The summed E-state index contributed by atoms with van der Waals surface area (Å²) in [4.78, 5) is 4.59. The highest BCUT2D eigenvalue weighted by Crippen LogP contribution is 2.33. The molecule has 1 aromatic rings. The maximum atomic E-state index is 10.4. The number of phenols is 1. The van der Waals surface area contributed by atoms with Gasteiger partial charge in [-0.15, -0.1) is 6.58 Å². The fourth-order valence-electron chi connectivity index (χ4n) is 3.00. The highest BCUT2D eigenvalue weighted by atomic mass is 16.3. The zero-order valence-electron chi connectivity index (χ0n) is 13.2. The standard InChI is InChI=1S/C17H27N3O/c1-4-16(20-11-9-18-10-12-20)15-8-7-14(13-17(15)21)19(5-2)6-3/h4,7-8,13,16,18,21H,1,5-6,9-12H2,2-3H3/t16-/m1/s1. The number of nitrogens with zero attached hydrogens (tertiary/aromatic N) is 2. The van der Waals surface area contributed by atoms with E-state index in [-0.39, 0.29) is 6.04 Å². The van der Waals surface area contributed by atoms with Crippen molar-refractivity contribution in [1.29, 1.82) is 0 Å². The van der Waals surface area contributed by atoms with Crippen molar-refractivity contribution in [3.63, 3.8) is 0 Å². The molecular formula is C17H27N3O. The van der Waals surface area contributed by atoms with Crippen molar-refractivity contribution < 1.29 is 5.11 Å². The molecule has 1 aromatic carbocycles. The van der Waals surface area contributed by atoms with E-state index >= 15 is 0 Å². The molecule has 0 aliphatic carbocycles. The SMILES string of the molecule is C=C[C@H](c1ccc(N(CC)CC)cc1O)N1CCNCC1. The van der Waals surface area contributed by atoms with Gasteiger partial charge in [0.15, 0.2) is 0 Å². The maximum Gasteiger partial charge on any atom is 0.122 e. The minimum atomic E-state index is 0.0813. The molecule has 21 heavy (non-hydrogen) atoms. The molecule has 1 aliphatic heterocycles. The molecule has 2 rings (SSSR count). The van der Waals surface area contributed by atoms with Crippen LogP contribution in [0.2, 0.25) is 0 Å². The van der Waals surface area contributed by atoms with Crippen molar-refractivity contribution in [2.24, 2.45) is 0 Å². The second-order valence-electron chi connectivity index (χ2n) is 5.38. The van der Waals surface area contributed by atoms with E-state index in [0.29, 0.717) is 5.75 Å². The molecule has 0 amide bonds. The number of nitrogens with one attached hydrogen (secondary N) is 1. The molecule has 0 radical (unpaired) electrons. The second kappa shape index (κ2) is 7.48. The van der Waals surface area contributed by atoms with Crippen LogP contribution in [0.3, 0.4) is 0 Å². The van der Waals surface area contributed by atoms with E-state index in [4.69, 9.17) is 0 Å². The molecule has 0 bridgehead atoms. The summed E-state index contributed by atoms with van der Waals surface area (Å²) in [6.07, 6.45) is 1.93. The van der Waals surface area contributed by atoms with Crippen LogP contribution in [-0.4, -0.2) is 49.3 Å². The van der Waals surface area contributed by atoms with Crippen LogP contribution in [0.5, 0.6) is 5.75 Å². The number of hydrogen-bond donors (Lipinski definition) is 2. The molecule has 1 heterocycles. The first-order valence-electron chi connectivity index (χ1n) is 7.86. The Balaban J connectivity index is 2.23. The summed E-state index contributed by atoms with van der Waals surface area (Å²) in [5, 5.41) is 13.8. The van der Waals surface area contributed by atoms with Crippen LogP contribution in [0.25, 0.3) is 0 Å². The third-order valence-corrected chi connectivity index (χ3v) is 4.23. The zero-order chi connectivity index (χ0) is 15.2. The Kier molecular flexibility index (Phi) is 5.65. The molecule has 1 saturated heterocycles. The van der Waals surface area contributed by atoms with Crippen molar-refractivity contribution in [3.8, 4) is 5.75 Å².